The maximum atomic E-state index is 12.4. The van der Waals surface area contributed by atoms with Crippen LogP contribution in [0, 0.1) is 0 Å². The minimum absolute atomic E-state index is 0.197. The van der Waals surface area contributed by atoms with Crippen LogP contribution in [-0.4, -0.2) is 55.9 Å². The first kappa shape index (κ1) is 17.6. The molecule has 0 spiro atoms. The molecule has 1 aliphatic carbocycles. The smallest absolute Gasteiger partial charge is 0.308 e. The molecule has 0 radical (unpaired) electrons. The molecule has 2 aliphatic rings. The largest absolute Gasteiger partial charge is 0.337 e. The van der Waals surface area contributed by atoms with Gasteiger partial charge in [-0.3, -0.25) is 14.3 Å². The van der Waals surface area contributed by atoms with Gasteiger partial charge in [-0.15, -0.1) is 0 Å². The van der Waals surface area contributed by atoms with E-state index in [0.29, 0.717) is 6.67 Å². The molecule has 2 aromatic heterocycles. The van der Waals surface area contributed by atoms with Crippen LogP contribution in [0.15, 0.2) is 35.1 Å². The molecule has 5 rings (SSSR count). The Morgan fingerprint density at radius 3 is 2.61 bits per heavy atom. The molecule has 1 aromatic carbocycles. The Kier molecular flexibility index (Phi) is 4.69. The Labute approximate surface area is 167 Å². The highest BCUT2D eigenvalue weighted by Crippen LogP contribution is 2.24. The molecule has 0 N–H and O–H groups in total. The third-order valence-electron chi connectivity index (χ3n) is 5.60. The number of benzene rings is 1. The number of rotatable bonds is 4. The second-order valence-corrected chi connectivity index (χ2v) is 8.39. The van der Waals surface area contributed by atoms with Gasteiger partial charge in [0.05, 0.1) is 12.4 Å². The summed E-state index contributed by atoms with van der Waals surface area (Å²) in [5.41, 5.74) is 2.23. The lowest BCUT2D eigenvalue weighted by Crippen LogP contribution is -2.48. The molecule has 0 unspecified atom stereocenters. The summed E-state index contributed by atoms with van der Waals surface area (Å²) in [6, 6.07) is 9.96. The zero-order chi connectivity index (χ0) is 18.9. The van der Waals surface area contributed by atoms with Gasteiger partial charge in [0.1, 0.15) is 0 Å². The van der Waals surface area contributed by atoms with E-state index >= 15 is 0 Å². The van der Waals surface area contributed by atoms with Gasteiger partial charge in [-0.25, -0.2) is 0 Å². The van der Waals surface area contributed by atoms with Crippen molar-refractivity contribution in [2.45, 2.75) is 32.4 Å². The van der Waals surface area contributed by atoms with E-state index in [2.05, 4.69) is 25.3 Å². The van der Waals surface area contributed by atoms with Gasteiger partial charge < -0.3 is 4.90 Å². The molecule has 1 aliphatic heterocycles. The topological polar surface area (TPSA) is 72.1 Å². The zero-order valence-corrected chi connectivity index (χ0v) is 16.5. The minimum Gasteiger partial charge on any atom is -0.337 e. The highest BCUT2D eigenvalue weighted by molar-refractivity contribution is 7.09. The molecule has 0 bridgehead atoms. The first-order valence-corrected chi connectivity index (χ1v) is 10.6. The van der Waals surface area contributed by atoms with Gasteiger partial charge >= 0.3 is 4.87 Å². The van der Waals surface area contributed by atoms with E-state index in [4.69, 9.17) is 0 Å². The molecule has 146 valence electrons. The minimum atomic E-state index is 0.197. The molecule has 3 aromatic rings. The molecule has 0 amide bonds. The summed E-state index contributed by atoms with van der Waals surface area (Å²) < 4.78 is 3.79. The summed E-state index contributed by atoms with van der Waals surface area (Å²) in [5, 5.41) is 12.3. The van der Waals surface area contributed by atoms with Crippen LogP contribution in [-0.2, 0) is 19.5 Å². The fraction of sp³-hybridized carbons (Fsp3) is 0.474. The quantitative estimate of drug-likeness (QED) is 0.665. The van der Waals surface area contributed by atoms with Gasteiger partial charge in [0.15, 0.2) is 0 Å². The van der Waals surface area contributed by atoms with Crippen molar-refractivity contribution in [2.24, 2.45) is 0 Å². The molecular weight excluding hydrogens is 374 g/mol. The number of tetrazole rings is 1. The first-order chi connectivity index (χ1) is 13.8. The van der Waals surface area contributed by atoms with Crippen LogP contribution in [0.1, 0.15) is 23.4 Å². The van der Waals surface area contributed by atoms with E-state index in [1.165, 1.54) is 34.7 Å². The maximum Gasteiger partial charge on any atom is 0.308 e. The van der Waals surface area contributed by atoms with Crippen molar-refractivity contribution in [3.8, 4) is 5.69 Å². The number of piperazine rings is 1. The van der Waals surface area contributed by atoms with Crippen molar-refractivity contribution < 1.29 is 0 Å². The Balaban J connectivity index is 1.28. The summed E-state index contributed by atoms with van der Waals surface area (Å²) in [4.78, 5) is 18.5. The summed E-state index contributed by atoms with van der Waals surface area (Å²) in [7, 11) is 0. The molecule has 8 nitrogen and oxygen atoms in total. The Morgan fingerprint density at radius 1 is 1.00 bits per heavy atom. The fourth-order valence-electron chi connectivity index (χ4n) is 4.08. The van der Waals surface area contributed by atoms with E-state index in [-0.39, 0.29) is 4.87 Å². The van der Waals surface area contributed by atoms with Crippen LogP contribution in [0.25, 0.3) is 5.69 Å². The summed E-state index contributed by atoms with van der Waals surface area (Å²) in [6.07, 6.45) is 4.51. The van der Waals surface area contributed by atoms with E-state index < -0.39 is 0 Å². The van der Waals surface area contributed by atoms with Gasteiger partial charge in [0.2, 0.25) is 5.95 Å². The van der Waals surface area contributed by atoms with Crippen LogP contribution >= 0.6 is 11.3 Å². The Morgan fingerprint density at radius 2 is 1.79 bits per heavy atom. The van der Waals surface area contributed by atoms with Crippen molar-refractivity contribution >= 4 is 17.3 Å². The summed E-state index contributed by atoms with van der Waals surface area (Å²) in [6.45, 7) is 4.15. The third-order valence-corrected chi connectivity index (χ3v) is 6.68. The van der Waals surface area contributed by atoms with Crippen LogP contribution in [0.3, 0.4) is 0 Å². The number of hydrogen-bond donors (Lipinski definition) is 0. The van der Waals surface area contributed by atoms with Gasteiger partial charge in [-0.1, -0.05) is 34.6 Å². The van der Waals surface area contributed by atoms with Crippen molar-refractivity contribution in [1.82, 2.24) is 29.7 Å². The maximum absolute atomic E-state index is 12.4. The van der Waals surface area contributed by atoms with E-state index in [1.807, 2.05) is 34.9 Å². The summed E-state index contributed by atoms with van der Waals surface area (Å²) >= 11 is 1.44. The van der Waals surface area contributed by atoms with Crippen molar-refractivity contribution in [3.05, 3.63) is 50.6 Å². The Bertz CT molecular complexity index is 1000. The van der Waals surface area contributed by atoms with Crippen LogP contribution in [0.5, 0.6) is 0 Å². The molecule has 1 fully saturated rings. The van der Waals surface area contributed by atoms with Crippen molar-refractivity contribution in [1.29, 1.82) is 0 Å². The fourth-order valence-corrected chi connectivity index (χ4v) is 5.14. The van der Waals surface area contributed by atoms with Gasteiger partial charge in [0.25, 0.3) is 0 Å². The van der Waals surface area contributed by atoms with Gasteiger partial charge in [-0.05, 0) is 48.2 Å². The van der Waals surface area contributed by atoms with E-state index in [9.17, 15) is 4.79 Å². The van der Waals surface area contributed by atoms with Crippen molar-refractivity contribution in [3.63, 3.8) is 0 Å². The lowest BCUT2D eigenvalue weighted by Gasteiger charge is -2.35. The number of aromatic nitrogens is 5. The predicted molar refractivity (Wildman–Crippen MR) is 108 cm³/mol. The zero-order valence-electron chi connectivity index (χ0n) is 15.7. The highest BCUT2D eigenvalue weighted by Gasteiger charge is 2.24. The molecule has 0 saturated carbocycles. The number of thiazole rings is 1. The SMILES string of the molecule is O=c1sc2c(n1CN1CCN(c3nnnn3-c3ccccc3)CC1)CCCC2. The molecule has 9 heteroatoms. The number of anilines is 1. The molecule has 28 heavy (non-hydrogen) atoms. The third kappa shape index (κ3) is 3.24. The standard InChI is InChI=1S/C19H23N7OS/c27-19-25(16-8-4-5-9-17(16)28-19)14-23-10-12-24(13-11-23)18-20-21-22-26(18)15-6-2-1-3-7-15/h1-3,6-7H,4-5,8-14H2. The van der Waals surface area contributed by atoms with E-state index in [0.717, 1.165) is 50.7 Å². The number of para-hydroxylation sites is 1. The second-order valence-electron chi connectivity index (χ2n) is 7.35. The highest BCUT2D eigenvalue weighted by atomic mass is 32.1. The second kappa shape index (κ2) is 7.48. The van der Waals surface area contributed by atoms with Crippen LogP contribution in [0.2, 0.25) is 0 Å². The average molecular weight is 398 g/mol. The predicted octanol–water partition coefficient (Wildman–Crippen LogP) is 1.54. The number of aryl methyl sites for hydroxylation is 1. The monoisotopic (exact) mass is 397 g/mol. The molecular formula is C19H23N7OS. The van der Waals surface area contributed by atoms with E-state index in [1.54, 1.807) is 4.68 Å². The number of fused-ring (bicyclic) bond motifs is 1. The molecule has 0 atom stereocenters. The molecule has 1 saturated heterocycles. The van der Waals surface area contributed by atoms with Gasteiger partial charge in [-0.2, -0.15) is 4.68 Å². The number of nitrogens with zero attached hydrogens (tertiary/aromatic N) is 7. The first-order valence-electron chi connectivity index (χ1n) is 9.82. The lowest BCUT2D eigenvalue weighted by atomic mass is 10.0. The molecule has 3 heterocycles. The lowest BCUT2D eigenvalue weighted by molar-refractivity contribution is 0.200. The normalized spacial score (nSPS) is 17.6. The number of hydrogen-bond acceptors (Lipinski definition) is 7. The summed E-state index contributed by atoms with van der Waals surface area (Å²) in [5.74, 6) is 0.774. The van der Waals surface area contributed by atoms with Crippen molar-refractivity contribution in [2.75, 3.05) is 31.1 Å². The average Bonchev–Trinajstić information content (AvgIpc) is 3.35. The van der Waals surface area contributed by atoms with Crippen LogP contribution < -0.4 is 9.77 Å². The Hall–Kier alpha value is -2.52. The van der Waals surface area contributed by atoms with Crippen LogP contribution in [0.4, 0.5) is 5.95 Å². The van der Waals surface area contributed by atoms with Gasteiger partial charge in [0, 0.05) is 36.8 Å².